The van der Waals surface area contributed by atoms with Gasteiger partial charge in [0.05, 0.1) is 19.8 Å². The highest BCUT2D eigenvalue weighted by Gasteiger charge is 2.19. The first-order chi connectivity index (χ1) is 7.38. The van der Waals surface area contributed by atoms with Crippen LogP contribution < -0.4 is 0 Å². The third-order valence-corrected chi connectivity index (χ3v) is 3.15. The van der Waals surface area contributed by atoms with Crippen LogP contribution in [0.25, 0.3) is 0 Å². The Morgan fingerprint density at radius 1 is 1.27 bits per heavy atom. The summed E-state index contributed by atoms with van der Waals surface area (Å²) in [6.07, 6.45) is 4.93. The van der Waals surface area contributed by atoms with Gasteiger partial charge in [-0.2, -0.15) is 12.6 Å². The standard InChI is InChI=1S/C11H23NO2S/c13-10-11-4-2-1-3-5-12(11)6-7-14-8-9-15/h11,13,15H,1-10H2. The van der Waals surface area contributed by atoms with Crippen LogP contribution in [0, 0.1) is 0 Å². The minimum atomic E-state index is 0.284. The molecule has 15 heavy (non-hydrogen) atoms. The number of nitrogens with zero attached hydrogens (tertiary/aromatic N) is 1. The number of ether oxygens (including phenoxy) is 1. The molecule has 0 aliphatic carbocycles. The third-order valence-electron chi connectivity index (χ3n) is 2.97. The number of hydrogen-bond donors (Lipinski definition) is 2. The molecular weight excluding hydrogens is 210 g/mol. The van der Waals surface area contributed by atoms with Gasteiger partial charge in [0.25, 0.3) is 0 Å². The maximum absolute atomic E-state index is 9.29. The molecule has 90 valence electrons. The van der Waals surface area contributed by atoms with Crippen molar-refractivity contribution in [2.45, 2.75) is 31.7 Å². The number of likely N-dealkylation sites (tertiary alicyclic amines) is 1. The van der Waals surface area contributed by atoms with Gasteiger partial charge in [0.15, 0.2) is 0 Å². The molecular formula is C11H23NO2S. The van der Waals surface area contributed by atoms with Crippen molar-refractivity contribution in [2.75, 3.05) is 38.7 Å². The fourth-order valence-electron chi connectivity index (χ4n) is 2.09. The smallest absolute Gasteiger partial charge is 0.0593 e. The van der Waals surface area contributed by atoms with Gasteiger partial charge in [-0.15, -0.1) is 0 Å². The quantitative estimate of drug-likeness (QED) is 0.534. The van der Waals surface area contributed by atoms with Gasteiger partial charge >= 0.3 is 0 Å². The second-order valence-corrected chi connectivity index (χ2v) is 4.50. The van der Waals surface area contributed by atoms with E-state index >= 15 is 0 Å². The highest BCUT2D eigenvalue weighted by atomic mass is 32.1. The van der Waals surface area contributed by atoms with Crippen LogP contribution in [-0.4, -0.2) is 54.7 Å². The highest BCUT2D eigenvalue weighted by molar-refractivity contribution is 7.80. The normalized spacial score (nSPS) is 24.0. The molecule has 1 heterocycles. The zero-order chi connectivity index (χ0) is 10.9. The van der Waals surface area contributed by atoms with Crippen LogP contribution >= 0.6 is 12.6 Å². The summed E-state index contributed by atoms with van der Waals surface area (Å²) in [5.74, 6) is 0.781. The van der Waals surface area contributed by atoms with Crippen LogP contribution in [0.4, 0.5) is 0 Å². The average molecular weight is 233 g/mol. The van der Waals surface area contributed by atoms with E-state index < -0.39 is 0 Å². The molecule has 0 amide bonds. The van der Waals surface area contributed by atoms with Crippen LogP contribution in [0.2, 0.25) is 0 Å². The van der Waals surface area contributed by atoms with Gasteiger partial charge in [0.1, 0.15) is 0 Å². The van der Waals surface area contributed by atoms with Crippen LogP contribution in [0.5, 0.6) is 0 Å². The molecule has 3 nitrogen and oxygen atoms in total. The first kappa shape index (κ1) is 13.3. The fourth-order valence-corrected chi connectivity index (χ4v) is 2.22. The van der Waals surface area contributed by atoms with E-state index in [0.717, 1.165) is 38.5 Å². The molecule has 1 fully saturated rings. The largest absolute Gasteiger partial charge is 0.395 e. The molecule has 4 heteroatoms. The maximum atomic E-state index is 9.29. The molecule has 0 spiro atoms. The Hall–Kier alpha value is 0.230. The molecule has 0 bridgehead atoms. The van der Waals surface area contributed by atoms with Crippen molar-refractivity contribution in [2.24, 2.45) is 0 Å². The Balaban J connectivity index is 2.22. The number of thiol groups is 1. The first-order valence-electron chi connectivity index (χ1n) is 5.92. The highest BCUT2D eigenvalue weighted by Crippen LogP contribution is 2.15. The molecule has 0 saturated carbocycles. The van der Waals surface area contributed by atoms with Gasteiger partial charge < -0.3 is 9.84 Å². The summed E-state index contributed by atoms with van der Waals surface area (Å²) in [7, 11) is 0. The lowest BCUT2D eigenvalue weighted by Gasteiger charge is -2.28. The van der Waals surface area contributed by atoms with Gasteiger partial charge in [-0.1, -0.05) is 12.8 Å². The van der Waals surface area contributed by atoms with Gasteiger partial charge in [-0.25, -0.2) is 0 Å². The van der Waals surface area contributed by atoms with Crippen molar-refractivity contribution in [3.05, 3.63) is 0 Å². The summed E-state index contributed by atoms with van der Waals surface area (Å²) in [4.78, 5) is 2.37. The van der Waals surface area contributed by atoms with Crippen molar-refractivity contribution in [3.63, 3.8) is 0 Å². The average Bonchev–Trinajstić information content (AvgIpc) is 2.49. The van der Waals surface area contributed by atoms with Gasteiger partial charge in [-0.3, -0.25) is 4.90 Å². The topological polar surface area (TPSA) is 32.7 Å². The summed E-state index contributed by atoms with van der Waals surface area (Å²) in [5.41, 5.74) is 0. The summed E-state index contributed by atoms with van der Waals surface area (Å²) in [6, 6.07) is 0.354. The molecule has 1 unspecified atom stereocenters. The molecule has 1 aliphatic heterocycles. The van der Waals surface area contributed by atoms with E-state index in [2.05, 4.69) is 17.5 Å². The molecule has 1 saturated heterocycles. The molecule has 1 aliphatic rings. The minimum absolute atomic E-state index is 0.284. The van der Waals surface area contributed by atoms with Gasteiger partial charge in [-0.05, 0) is 19.4 Å². The number of hydrogen-bond acceptors (Lipinski definition) is 4. The first-order valence-corrected chi connectivity index (χ1v) is 6.55. The predicted molar refractivity (Wildman–Crippen MR) is 65.6 cm³/mol. The van der Waals surface area contributed by atoms with E-state index in [1.54, 1.807) is 0 Å². The van der Waals surface area contributed by atoms with Crippen molar-refractivity contribution >= 4 is 12.6 Å². The molecule has 0 aromatic carbocycles. The molecule has 0 radical (unpaired) electrons. The number of aliphatic hydroxyl groups excluding tert-OH is 1. The zero-order valence-corrected chi connectivity index (χ0v) is 10.3. The monoisotopic (exact) mass is 233 g/mol. The van der Waals surface area contributed by atoms with E-state index in [1.165, 1.54) is 19.3 Å². The summed E-state index contributed by atoms with van der Waals surface area (Å²) < 4.78 is 5.42. The SMILES string of the molecule is OCC1CCCCCN1CCOCCS. The molecule has 0 aromatic rings. The van der Waals surface area contributed by atoms with Crippen molar-refractivity contribution in [3.8, 4) is 0 Å². The second kappa shape index (κ2) is 8.39. The predicted octanol–water partition coefficient (Wildman–Crippen LogP) is 1.17. The summed E-state index contributed by atoms with van der Waals surface area (Å²) >= 11 is 4.10. The molecule has 1 N–H and O–H groups in total. The lowest BCUT2D eigenvalue weighted by molar-refractivity contribution is 0.0743. The number of aliphatic hydroxyl groups is 1. The van der Waals surface area contributed by atoms with Crippen LogP contribution in [0.15, 0.2) is 0 Å². The Labute approximate surface area is 98.2 Å². The van der Waals surface area contributed by atoms with Crippen LogP contribution in [0.3, 0.4) is 0 Å². The molecule has 1 rings (SSSR count). The second-order valence-electron chi connectivity index (χ2n) is 4.06. The summed E-state index contributed by atoms with van der Waals surface area (Å²) in [5, 5.41) is 9.29. The van der Waals surface area contributed by atoms with E-state index in [9.17, 15) is 5.11 Å². The lowest BCUT2D eigenvalue weighted by atomic mass is 10.1. The van der Waals surface area contributed by atoms with E-state index in [4.69, 9.17) is 4.74 Å². The Kier molecular flexibility index (Phi) is 7.44. The number of rotatable bonds is 6. The Morgan fingerprint density at radius 2 is 2.13 bits per heavy atom. The Bertz CT molecular complexity index is 158. The molecule has 1 atom stereocenters. The fraction of sp³-hybridized carbons (Fsp3) is 1.00. The zero-order valence-electron chi connectivity index (χ0n) is 9.40. The molecule has 0 aromatic heterocycles. The Morgan fingerprint density at radius 3 is 2.87 bits per heavy atom. The minimum Gasteiger partial charge on any atom is -0.395 e. The van der Waals surface area contributed by atoms with Crippen molar-refractivity contribution < 1.29 is 9.84 Å². The lowest BCUT2D eigenvalue weighted by Crippen LogP contribution is -2.39. The van der Waals surface area contributed by atoms with Crippen LogP contribution in [0.1, 0.15) is 25.7 Å². The summed E-state index contributed by atoms with van der Waals surface area (Å²) in [6.45, 7) is 3.82. The van der Waals surface area contributed by atoms with Gasteiger partial charge in [0.2, 0.25) is 0 Å². The van der Waals surface area contributed by atoms with E-state index in [1.807, 2.05) is 0 Å². The maximum Gasteiger partial charge on any atom is 0.0593 e. The van der Waals surface area contributed by atoms with Crippen LogP contribution in [-0.2, 0) is 4.74 Å². The van der Waals surface area contributed by atoms with Gasteiger partial charge in [0, 0.05) is 18.3 Å². The van der Waals surface area contributed by atoms with Crippen molar-refractivity contribution in [1.29, 1.82) is 0 Å². The van der Waals surface area contributed by atoms with E-state index in [0.29, 0.717) is 6.04 Å². The third kappa shape index (κ3) is 5.20. The van der Waals surface area contributed by atoms with Crippen molar-refractivity contribution in [1.82, 2.24) is 4.90 Å². The van der Waals surface area contributed by atoms with E-state index in [-0.39, 0.29) is 6.61 Å².